The number of benzene rings is 1. The fourth-order valence-corrected chi connectivity index (χ4v) is 4.24. The molecule has 1 atom stereocenters. The lowest BCUT2D eigenvalue weighted by Crippen LogP contribution is -2.47. The van der Waals surface area contributed by atoms with Crippen LogP contribution in [0.5, 0.6) is 11.5 Å². The third-order valence-corrected chi connectivity index (χ3v) is 6.01. The highest BCUT2D eigenvalue weighted by molar-refractivity contribution is 7.17. The molecule has 1 amide bonds. The quantitative estimate of drug-likeness (QED) is 0.884. The van der Waals surface area contributed by atoms with E-state index in [2.05, 4.69) is 39.2 Å². The second-order valence-electron chi connectivity index (χ2n) is 6.40. The highest BCUT2D eigenvalue weighted by Gasteiger charge is 2.25. The van der Waals surface area contributed by atoms with Crippen molar-refractivity contribution < 1.29 is 14.3 Å². The van der Waals surface area contributed by atoms with Gasteiger partial charge >= 0.3 is 0 Å². The van der Waals surface area contributed by atoms with Gasteiger partial charge < -0.3 is 19.7 Å². The van der Waals surface area contributed by atoms with Crippen LogP contribution in [0, 0.1) is 0 Å². The number of nitrogens with one attached hydrogen (secondary N) is 1. The number of thiazole rings is 1. The average molecular weight is 374 g/mol. The maximum absolute atomic E-state index is 11.7. The standard InChI is InChI=1S/C18H22N4O3S/c1-12(13-3-4-14-15(9-13)25-11-24-14)21-5-7-22(8-6-21)18-20-10-16(26-18)17(23)19-2/h3-4,9-10,12H,5-8,11H2,1-2H3,(H,19,23)/t12-/m1/s1. The first-order valence-electron chi connectivity index (χ1n) is 8.72. The number of fused-ring (bicyclic) bond motifs is 1. The van der Waals surface area contributed by atoms with E-state index in [0.717, 1.165) is 42.8 Å². The zero-order chi connectivity index (χ0) is 18.1. The largest absolute Gasteiger partial charge is 0.454 e. The van der Waals surface area contributed by atoms with Crippen LogP contribution in [-0.4, -0.2) is 55.8 Å². The van der Waals surface area contributed by atoms with Gasteiger partial charge in [-0.25, -0.2) is 4.98 Å². The first-order valence-corrected chi connectivity index (χ1v) is 9.54. The summed E-state index contributed by atoms with van der Waals surface area (Å²) < 4.78 is 10.9. The molecule has 1 saturated heterocycles. The number of ether oxygens (including phenoxy) is 2. The second-order valence-corrected chi connectivity index (χ2v) is 7.41. The van der Waals surface area contributed by atoms with Crippen molar-refractivity contribution in [1.82, 2.24) is 15.2 Å². The monoisotopic (exact) mass is 374 g/mol. The molecule has 8 heteroatoms. The average Bonchev–Trinajstić information content (AvgIpc) is 3.35. The summed E-state index contributed by atoms with van der Waals surface area (Å²) in [6.45, 7) is 6.22. The summed E-state index contributed by atoms with van der Waals surface area (Å²) in [4.78, 5) is 21.5. The van der Waals surface area contributed by atoms with E-state index in [1.165, 1.54) is 16.9 Å². The third kappa shape index (κ3) is 3.22. The van der Waals surface area contributed by atoms with Crippen LogP contribution >= 0.6 is 11.3 Å². The minimum atomic E-state index is -0.0798. The number of amides is 1. The predicted octanol–water partition coefficient (Wildman–Crippen LogP) is 2.11. The number of carbonyl (C=O) groups is 1. The number of aromatic nitrogens is 1. The molecule has 1 fully saturated rings. The molecule has 7 nitrogen and oxygen atoms in total. The zero-order valence-electron chi connectivity index (χ0n) is 14.9. The van der Waals surface area contributed by atoms with Gasteiger partial charge in [0.2, 0.25) is 6.79 Å². The number of piperazine rings is 1. The molecule has 0 bridgehead atoms. The maximum Gasteiger partial charge on any atom is 0.262 e. The molecule has 26 heavy (non-hydrogen) atoms. The first kappa shape index (κ1) is 17.1. The second kappa shape index (κ2) is 7.13. The van der Waals surface area contributed by atoms with Gasteiger partial charge in [-0.15, -0.1) is 0 Å². The number of rotatable bonds is 4. The molecular weight excluding hydrogens is 352 g/mol. The molecule has 4 rings (SSSR count). The van der Waals surface area contributed by atoms with Crippen molar-refractivity contribution in [2.45, 2.75) is 13.0 Å². The zero-order valence-corrected chi connectivity index (χ0v) is 15.7. The molecule has 1 aromatic heterocycles. The van der Waals surface area contributed by atoms with Crippen LogP contribution in [-0.2, 0) is 0 Å². The molecule has 0 radical (unpaired) electrons. The third-order valence-electron chi connectivity index (χ3n) is 4.96. The van der Waals surface area contributed by atoms with Gasteiger partial charge in [-0.05, 0) is 24.6 Å². The van der Waals surface area contributed by atoms with Gasteiger partial charge in [-0.1, -0.05) is 17.4 Å². The first-order chi connectivity index (χ1) is 12.7. The number of nitrogens with zero attached hydrogens (tertiary/aromatic N) is 3. The van der Waals surface area contributed by atoms with Gasteiger partial charge in [0.05, 0.1) is 6.20 Å². The van der Waals surface area contributed by atoms with Crippen LogP contribution in [0.1, 0.15) is 28.2 Å². The van der Waals surface area contributed by atoms with Crippen molar-refractivity contribution in [2.75, 3.05) is 44.9 Å². The van der Waals surface area contributed by atoms with E-state index in [9.17, 15) is 4.79 Å². The van der Waals surface area contributed by atoms with Crippen LogP contribution in [0.2, 0.25) is 0 Å². The summed E-state index contributed by atoms with van der Waals surface area (Å²) in [5, 5.41) is 3.56. The molecule has 2 aromatic rings. The van der Waals surface area contributed by atoms with Gasteiger partial charge in [-0.2, -0.15) is 0 Å². The van der Waals surface area contributed by atoms with E-state index in [4.69, 9.17) is 9.47 Å². The van der Waals surface area contributed by atoms with Gasteiger partial charge in [0.1, 0.15) is 4.88 Å². The molecule has 3 heterocycles. The van der Waals surface area contributed by atoms with Crippen LogP contribution in [0.4, 0.5) is 5.13 Å². The molecular formula is C18H22N4O3S. The van der Waals surface area contributed by atoms with Crippen molar-refractivity contribution in [3.63, 3.8) is 0 Å². The van der Waals surface area contributed by atoms with E-state index < -0.39 is 0 Å². The van der Waals surface area contributed by atoms with Gasteiger partial charge in [0.15, 0.2) is 16.6 Å². The molecule has 138 valence electrons. The summed E-state index contributed by atoms with van der Waals surface area (Å²) in [5.41, 5.74) is 1.24. The lowest BCUT2D eigenvalue weighted by molar-refractivity contribution is 0.0967. The van der Waals surface area contributed by atoms with E-state index in [-0.39, 0.29) is 5.91 Å². The van der Waals surface area contributed by atoms with Crippen molar-refractivity contribution in [2.24, 2.45) is 0 Å². The minimum Gasteiger partial charge on any atom is -0.454 e. The fraction of sp³-hybridized carbons (Fsp3) is 0.444. The Bertz CT molecular complexity index is 801. The van der Waals surface area contributed by atoms with Crippen LogP contribution in [0.3, 0.4) is 0 Å². The Morgan fingerprint density at radius 2 is 2.00 bits per heavy atom. The van der Waals surface area contributed by atoms with Crippen LogP contribution < -0.4 is 19.7 Å². The smallest absolute Gasteiger partial charge is 0.262 e. The van der Waals surface area contributed by atoms with Crippen molar-refractivity contribution in [1.29, 1.82) is 0 Å². The Balaban J connectivity index is 1.38. The van der Waals surface area contributed by atoms with Gasteiger partial charge in [-0.3, -0.25) is 9.69 Å². The van der Waals surface area contributed by atoms with E-state index >= 15 is 0 Å². The Kier molecular flexibility index (Phi) is 4.69. The molecule has 2 aliphatic rings. The maximum atomic E-state index is 11.7. The van der Waals surface area contributed by atoms with Crippen molar-refractivity contribution >= 4 is 22.4 Å². The predicted molar refractivity (Wildman–Crippen MR) is 100 cm³/mol. The Morgan fingerprint density at radius 1 is 1.23 bits per heavy atom. The summed E-state index contributed by atoms with van der Waals surface area (Å²) in [6.07, 6.45) is 1.65. The molecule has 2 aliphatic heterocycles. The highest BCUT2D eigenvalue weighted by Crippen LogP contribution is 2.35. The molecule has 1 aromatic carbocycles. The number of hydrogen-bond donors (Lipinski definition) is 1. The molecule has 0 unspecified atom stereocenters. The van der Waals surface area contributed by atoms with E-state index in [1.807, 2.05) is 6.07 Å². The van der Waals surface area contributed by atoms with Crippen molar-refractivity contribution in [3.8, 4) is 11.5 Å². The summed E-state index contributed by atoms with van der Waals surface area (Å²) in [7, 11) is 1.64. The molecule has 1 N–H and O–H groups in total. The Hall–Kier alpha value is -2.32. The Labute approximate surface area is 156 Å². The van der Waals surface area contributed by atoms with E-state index in [0.29, 0.717) is 17.7 Å². The van der Waals surface area contributed by atoms with Gasteiger partial charge in [0.25, 0.3) is 5.91 Å². The topological polar surface area (TPSA) is 66.9 Å². The van der Waals surface area contributed by atoms with Crippen LogP contribution in [0.15, 0.2) is 24.4 Å². The van der Waals surface area contributed by atoms with Gasteiger partial charge in [0, 0.05) is 39.3 Å². The minimum absolute atomic E-state index is 0.0798. The number of hydrogen-bond acceptors (Lipinski definition) is 7. The summed E-state index contributed by atoms with van der Waals surface area (Å²) in [6, 6.07) is 6.49. The van der Waals surface area contributed by atoms with Crippen molar-refractivity contribution in [3.05, 3.63) is 34.8 Å². The fourth-order valence-electron chi connectivity index (χ4n) is 3.32. The summed E-state index contributed by atoms with van der Waals surface area (Å²) in [5.74, 6) is 1.57. The number of anilines is 1. The molecule has 0 saturated carbocycles. The normalized spacial score (nSPS) is 18.0. The summed E-state index contributed by atoms with van der Waals surface area (Å²) >= 11 is 1.45. The number of carbonyl (C=O) groups excluding carboxylic acids is 1. The Morgan fingerprint density at radius 3 is 2.77 bits per heavy atom. The van der Waals surface area contributed by atoms with Crippen LogP contribution in [0.25, 0.3) is 0 Å². The molecule has 0 aliphatic carbocycles. The lowest BCUT2D eigenvalue weighted by atomic mass is 10.1. The molecule has 0 spiro atoms. The lowest BCUT2D eigenvalue weighted by Gasteiger charge is -2.38. The van der Waals surface area contributed by atoms with E-state index in [1.54, 1.807) is 13.2 Å². The highest BCUT2D eigenvalue weighted by atomic mass is 32.1. The SMILES string of the molecule is CNC(=O)c1cnc(N2CCN([C@H](C)c3ccc4c(c3)OCO4)CC2)s1.